The molecule has 18 heavy (non-hydrogen) atoms. The number of aryl methyl sites for hydroxylation is 2. The average molecular weight is 248 g/mol. The summed E-state index contributed by atoms with van der Waals surface area (Å²) in [6.45, 7) is 3.44. The van der Waals surface area contributed by atoms with Gasteiger partial charge < -0.3 is 5.73 Å². The molecule has 1 unspecified atom stereocenters. The molecule has 0 spiro atoms. The molecule has 2 nitrogen and oxygen atoms in total. The summed E-state index contributed by atoms with van der Waals surface area (Å²) in [7, 11) is 0. The molecule has 2 aromatic rings. The first kappa shape index (κ1) is 12.6. The molecule has 2 N–H and O–H groups in total. The monoisotopic (exact) mass is 248 g/mol. The van der Waals surface area contributed by atoms with E-state index in [2.05, 4.69) is 4.98 Å². The van der Waals surface area contributed by atoms with Crippen LogP contribution in [-0.4, -0.2) is 4.98 Å². The Balaban J connectivity index is 2.52. The van der Waals surface area contributed by atoms with E-state index >= 15 is 0 Å². The highest BCUT2D eigenvalue weighted by atomic mass is 19.1. The quantitative estimate of drug-likeness (QED) is 0.887. The van der Waals surface area contributed by atoms with Crippen LogP contribution in [0.25, 0.3) is 0 Å². The van der Waals surface area contributed by atoms with Crippen LogP contribution in [0.1, 0.15) is 28.3 Å². The van der Waals surface area contributed by atoms with E-state index in [1.165, 1.54) is 18.3 Å². The van der Waals surface area contributed by atoms with Gasteiger partial charge in [-0.25, -0.2) is 8.78 Å². The van der Waals surface area contributed by atoms with E-state index in [9.17, 15) is 8.78 Å². The predicted molar refractivity (Wildman–Crippen MR) is 66.1 cm³/mol. The molecule has 0 aliphatic carbocycles. The number of nitrogens with zero attached hydrogens (tertiary/aromatic N) is 1. The van der Waals surface area contributed by atoms with E-state index in [0.29, 0.717) is 11.1 Å². The van der Waals surface area contributed by atoms with Crippen LogP contribution in [0.2, 0.25) is 0 Å². The van der Waals surface area contributed by atoms with Gasteiger partial charge in [-0.05, 0) is 36.6 Å². The number of rotatable bonds is 2. The Morgan fingerprint density at radius 3 is 2.56 bits per heavy atom. The fourth-order valence-corrected chi connectivity index (χ4v) is 1.88. The summed E-state index contributed by atoms with van der Waals surface area (Å²) in [5.41, 5.74) is 7.70. The second kappa shape index (κ2) is 4.82. The molecule has 0 aliphatic heterocycles. The molecule has 1 heterocycles. The minimum atomic E-state index is -0.850. The number of nitrogens with two attached hydrogens (primary N) is 1. The van der Waals surface area contributed by atoms with Gasteiger partial charge in [0.2, 0.25) is 0 Å². The Hall–Kier alpha value is -1.81. The van der Waals surface area contributed by atoms with E-state index in [1.807, 2.05) is 6.92 Å². The lowest BCUT2D eigenvalue weighted by atomic mass is 9.97. The molecule has 0 aliphatic rings. The lowest BCUT2D eigenvalue weighted by molar-refractivity contribution is 0.538. The second-order valence-corrected chi connectivity index (χ2v) is 4.37. The van der Waals surface area contributed by atoms with Gasteiger partial charge in [-0.2, -0.15) is 0 Å². The molecule has 1 atom stereocenters. The van der Waals surface area contributed by atoms with Crippen molar-refractivity contribution < 1.29 is 8.78 Å². The van der Waals surface area contributed by atoms with Crippen LogP contribution in [0.4, 0.5) is 8.78 Å². The summed E-state index contributed by atoms with van der Waals surface area (Å²) in [5.74, 6) is -1.23. The van der Waals surface area contributed by atoms with Crippen LogP contribution >= 0.6 is 0 Å². The first-order chi connectivity index (χ1) is 8.50. The number of halogens is 2. The molecular formula is C14H14F2N2. The summed E-state index contributed by atoms with van der Waals surface area (Å²) in [6, 6.07) is 3.56. The first-order valence-electron chi connectivity index (χ1n) is 5.62. The first-order valence-corrected chi connectivity index (χ1v) is 5.62. The van der Waals surface area contributed by atoms with E-state index in [4.69, 9.17) is 5.73 Å². The normalized spacial score (nSPS) is 12.5. The second-order valence-electron chi connectivity index (χ2n) is 4.37. The van der Waals surface area contributed by atoms with Crippen molar-refractivity contribution in [2.75, 3.05) is 0 Å². The summed E-state index contributed by atoms with van der Waals surface area (Å²) in [4.78, 5) is 3.99. The highest BCUT2D eigenvalue weighted by Gasteiger charge is 2.20. The van der Waals surface area contributed by atoms with Crippen molar-refractivity contribution >= 4 is 0 Å². The Morgan fingerprint density at radius 1 is 1.17 bits per heavy atom. The molecule has 94 valence electrons. The molecular weight excluding hydrogens is 234 g/mol. The van der Waals surface area contributed by atoms with Gasteiger partial charge in [0.05, 0.1) is 6.04 Å². The van der Waals surface area contributed by atoms with Gasteiger partial charge in [-0.15, -0.1) is 0 Å². The SMILES string of the molecule is Cc1cncc(C(N)c2c(F)ccc(C)c2F)c1. The lowest BCUT2D eigenvalue weighted by Gasteiger charge is -2.15. The summed E-state index contributed by atoms with van der Waals surface area (Å²) >= 11 is 0. The Bertz CT molecular complexity index is 582. The van der Waals surface area contributed by atoms with Gasteiger partial charge in [0.25, 0.3) is 0 Å². The summed E-state index contributed by atoms with van der Waals surface area (Å²) in [6.07, 6.45) is 3.19. The zero-order chi connectivity index (χ0) is 13.3. The number of benzene rings is 1. The van der Waals surface area contributed by atoms with Crippen molar-refractivity contribution in [3.8, 4) is 0 Å². The Kier molecular flexibility index (Phi) is 3.39. The third-order valence-electron chi connectivity index (χ3n) is 2.89. The molecule has 0 amide bonds. The molecule has 0 radical (unpaired) electrons. The van der Waals surface area contributed by atoms with Crippen molar-refractivity contribution in [1.82, 2.24) is 4.98 Å². The van der Waals surface area contributed by atoms with E-state index in [0.717, 1.165) is 5.56 Å². The van der Waals surface area contributed by atoms with E-state index < -0.39 is 17.7 Å². The third-order valence-corrected chi connectivity index (χ3v) is 2.89. The third kappa shape index (κ3) is 2.24. The molecule has 0 saturated carbocycles. The van der Waals surface area contributed by atoms with Crippen LogP contribution in [0, 0.1) is 25.5 Å². The smallest absolute Gasteiger partial charge is 0.134 e. The van der Waals surface area contributed by atoms with Crippen LogP contribution in [0.3, 0.4) is 0 Å². The average Bonchev–Trinajstić information content (AvgIpc) is 2.34. The molecule has 1 aromatic carbocycles. The van der Waals surface area contributed by atoms with Crippen molar-refractivity contribution in [3.05, 3.63) is 64.5 Å². The largest absolute Gasteiger partial charge is 0.320 e. The zero-order valence-electron chi connectivity index (χ0n) is 10.2. The highest BCUT2D eigenvalue weighted by molar-refractivity contribution is 5.36. The van der Waals surface area contributed by atoms with Gasteiger partial charge in [0.1, 0.15) is 11.6 Å². The van der Waals surface area contributed by atoms with Crippen molar-refractivity contribution in [3.63, 3.8) is 0 Å². The number of hydrogen-bond donors (Lipinski definition) is 1. The van der Waals surface area contributed by atoms with Crippen LogP contribution in [0.5, 0.6) is 0 Å². The fourth-order valence-electron chi connectivity index (χ4n) is 1.88. The number of aromatic nitrogens is 1. The standard InChI is InChI=1S/C14H14F2N2/c1-8-5-10(7-18-6-8)14(17)12-11(15)4-3-9(2)13(12)16/h3-7,14H,17H2,1-2H3. The lowest BCUT2D eigenvalue weighted by Crippen LogP contribution is -2.16. The van der Waals surface area contributed by atoms with Crippen molar-refractivity contribution in [1.29, 1.82) is 0 Å². The maximum absolute atomic E-state index is 14.0. The topological polar surface area (TPSA) is 38.9 Å². The molecule has 1 aromatic heterocycles. The minimum absolute atomic E-state index is 0.109. The van der Waals surface area contributed by atoms with Gasteiger partial charge in [0, 0.05) is 18.0 Å². The molecule has 2 rings (SSSR count). The van der Waals surface area contributed by atoms with Gasteiger partial charge in [-0.3, -0.25) is 4.98 Å². The summed E-state index contributed by atoms with van der Waals surface area (Å²) in [5, 5.41) is 0. The van der Waals surface area contributed by atoms with Gasteiger partial charge >= 0.3 is 0 Å². The maximum atomic E-state index is 14.0. The van der Waals surface area contributed by atoms with Gasteiger partial charge in [-0.1, -0.05) is 12.1 Å². The zero-order valence-corrected chi connectivity index (χ0v) is 10.2. The minimum Gasteiger partial charge on any atom is -0.320 e. The van der Waals surface area contributed by atoms with Crippen molar-refractivity contribution in [2.24, 2.45) is 5.73 Å². The number of hydrogen-bond acceptors (Lipinski definition) is 2. The fraction of sp³-hybridized carbons (Fsp3) is 0.214. The Morgan fingerprint density at radius 2 is 1.89 bits per heavy atom. The van der Waals surface area contributed by atoms with Crippen LogP contribution < -0.4 is 5.73 Å². The molecule has 4 heteroatoms. The predicted octanol–water partition coefficient (Wildman–Crippen LogP) is 3.02. The van der Waals surface area contributed by atoms with E-state index in [1.54, 1.807) is 19.2 Å². The molecule has 0 fully saturated rings. The maximum Gasteiger partial charge on any atom is 0.134 e. The van der Waals surface area contributed by atoms with E-state index in [-0.39, 0.29) is 5.56 Å². The number of pyridine rings is 1. The molecule has 0 bridgehead atoms. The molecule has 0 saturated heterocycles. The van der Waals surface area contributed by atoms with Crippen molar-refractivity contribution in [2.45, 2.75) is 19.9 Å². The van der Waals surface area contributed by atoms with Gasteiger partial charge in [0.15, 0.2) is 0 Å². The van der Waals surface area contributed by atoms with Crippen LogP contribution in [-0.2, 0) is 0 Å². The Labute approximate surface area is 104 Å². The summed E-state index contributed by atoms with van der Waals surface area (Å²) < 4.78 is 27.7. The highest BCUT2D eigenvalue weighted by Crippen LogP contribution is 2.26. The van der Waals surface area contributed by atoms with Crippen LogP contribution in [0.15, 0.2) is 30.6 Å².